The largest absolute Gasteiger partial charge is 0.490 e. The van der Waals surface area contributed by atoms with Gasteiger partial charge < -0.3 is 24.7 Å². The Morgan fingerprint density at radius 2 is 1.89 bits per heavy atom. The van der Waals surface area contributed by atoms with Gasteiger partial charge >= 0.3 is 5.97 Å². The van der Waals surface area contributed by atoms with Crippen molar-refractivity contribution in [1.29, 1.82) is 5.26 Å². The van der Waals surface area contributed by atoms with Crippen molar-refractivity contribution in [3.05, 3.63) is 93.8 Å². The van der Waals surface area contributed by atoms with Crippen molar-refractivity contribution in [2.75, 3.05) is 13.2 Å². The topological polar surface area (TPSA) is 104 Å². The number of carbonyl (C=O) groups is 1. The van der Waals surface area contributed by atoms with Crippen LogP contribution in [0.4, 0.5) is 0 Å². The van der Waals surface area contributed by atoms with Crippen LogP contribution >= 0.6 is 11.6 Å². The summed E-state index contributed by atoms with van der Waals surface area (Å²) in [4.78, 5) is 12.6. The van der Waals surface area contributed by atoms with E-state index < -0.39 is 11.9 Å². The summed E-state index contributed by atoms with van der Waals surface area (Å²) in [5.74, 6) is 0.743. The number of hydrogen-bond acceptors (Lipinski definition) is 7. The molecule has 7 nitrogen and oxygen atoms in total. The lowest BCUT2D eigenvalue weighted by Gasteiger charge is -2.27. The molecule has 2 N–H and O–H groups in total. The molecule has 0 aromatic heterocycles. The van der Waals surface area contributed by atoms with Crippen LogP contribution in [-0.4, -0.2) is 19.2 Å². The van der Waals surface area contributed by atoms with Gasteiger partial charge in [-0.15, -0.1) is 0 Å². The van der Waals surface area contributed by atoms with Gasteiger partial charge in [0.05, 0.1) is 29.7 Å². The van der Waals surface area contributed by atoms with E-state index in [1.165, 1.54) is 0 Å². The van der Waals surface area contributed by atoms with Crippen molar-refractivity contribution in [2.24, 2.45) is 5.73 Å². The number of ether oxygens (including phenoxy) is 4. The molecule has 3 aromatic rings. The number of benzene rings is 3. The minimum Gasteiger partial charge on any atom is -0.490 e. The highest BCUT2D eigenvalue weighted by Gasteiger charge is 2.32. The third-order valence-electron chi connectivity index (χ3n) is 5.85. The highest BCUT2D eigenvalue weighted by Crippen LogP contribution is 2.45. The Morgan fingerprint density at radius 1 is 1.08 bits per heavy atom. The van der Waals surface area contributed by atoms with Gasteiger partial charge in [-0.2, -0.15) is 5.26 Å². The first kappa shape index (κ1) is 25.9. The van der Waals surface area contributed by atoms with Gasteiger partial charge in [-0.05, 0) is 49.2 Å². The van der Waals surface area contributed by atoms with Crippen molar-refractivity contribution in [2.45, 2.75) is 32.6 Å². The summed E-state index contributed by atoms with van der Waals surface area (Å²) in [6, 6.07) is 19.4. The summed E-state index contributed by atoms with van der Waals surface area (Å²) in [7, 11) is 0. The number of unbranched alkanes of at least 4 members (excludes halogenated alkanes) is 1. The molecule has 1 aliphatic heterocycles. The number of fused-ring (bicyclic) bond motifs is 1. The monoisotopic (exact) mass is 518 g/mol. The number of hydrogen-bond donors (Lipinski definition) is 1. The second-order valence-electron chi connectivity index (χ2n) is 8.34. The van der Waals surface area contributed by atoms with E-state index >= 15 is 0 Å². The first-order valence-corrected chi connectivity index (χ1v) is 12.4. The lowest BCUT2D eigenvalue weighted by Crippen LogP contribution is -2.21. The van der Waals surface area contributed by atoms with Crippen LogP contribution in [0.25, 0.3) is 0 Å². The normalized spacial score (nSPS) is 14.3. The molecule has 1 atom stereocenters. The van der Waals surface area contributed by atoms with Crippen molar-refractivity contribution in [1.82, 2.24) is 0 Å². The van der Waals surface area contributed by atoms with E-state index in [1.54, 1.807) is 42.5 Å². The molecule has 0 amide bonds. The summed E-state index contributed by atoms with van der Waals surface area (Å²) in [6.45, 7) is 5.04. The number of carbonyl (C=O) groups excluding carboxylic acids is 1. The molecule has 3 aromatic carbocycles. The predicted octanol–water partition coefficient (Wildman–Crippen LogP) is 6.35. The van der Waals surface area contributed by atoms with E-state index in [4.69, 9.17) is 36.3 Å². The number of nitrogens with two attached hydrogens (primary N) is 1. The lowest BCUT2D eigenvalue weighted by atomic mass is 9.83. The van der Waals surface area contributed by atoms with Crippen molar-refractivity contribution in [3.8, 4) is 29.1 Å². The maximum absolute atomic E-state index is 12.6. The Bertz CT molecular complexity index is 1380. The van der Waals surface area contributed by atoms with E-state index in [1.807, 2.05) is 25.1 Å². The second-order valence-corrected chi connectivity index (χ2v) is 8.74. The summed E-state index contributed by atoms with van der Waals surface area (Å²) >= 11 is 6.12. The standard InChI is InChI=1S/C29H27ClN2O5/c1-3-5-14-35-24-13-10-18(15-26(24)34-4-2)27-21-12-11-19(16-25(21)37-28(32)22(27)17-31)36-29(33)20-8-6-7-9-23(20)30/h6-13,15-16,27H,3-5,14,32H2,1-2H3. The molecule has 0 saturated heterocycles. The Labute approximate surface area is 221 Å². The number of rotatable bonds is 9. The zero-order chi connectivity index (χ0) is 26.4. The highest BCUT2D eigenvalue weighted by molar-refractivity contribution is 6.33. The van der Waals surface area contributed by atoms with Gasteiger partial charge in [-0.25, -0.2) is 4.79 Å². The van der Waals surface area contributed by atoms with Crippen LogP contribution in [0.15, 0.2) is 72.1 Å². The Morgan fingerprint density at radius 3 is 2.62 bits per heavy atom. The molecule has 1 unspecified atom stereocenters. The van der Waals surface area contributed by atoms with Crippen molar-refractivity contribution < 1.29 is 23.7 Å². The first-order chi connectivity index (χ1) is 18.0. The van der Waals surface area contributed by atoms with Gasteiger partial charge in [0.1, 0.15) is 23.1 Å². The first-order valence-electron chi connectivity index (χ1n) is 12.0. The molecular formula is C29H27ClN2O5. The second kappa shape index (κ2) is 11.7. The number of halogens is 1. The van der Waals surface area contributed by atoms with E-state index in [2.05, 4.69) is 13.0 Å². The molecule has 0 spiro atoms. The fourth-order valence-corrected chi connectivity index (χ4v) is 4.26. The molecule has 0 bridgehead atoms. The summed E-state index contributed by atoms with van der Waals surface area (Å²) < 4.78 is 23.0. The molecule has 0 saturated carbocycles. The van der Waals surface area contributed by atoms with E-state index in [9.17, 15) is 10.1 Å². The summed E-state index contributed by atoms with van der Waals surface area (Å²) in [6.07, 6.45) is 1.95. The minimum absolute atomic E-state index is 0.0178. The summed E-state index contributed by atoms with van der Waals surface area (Å²) in [5, 5.41) is 10.2. The fourth-order valence-electron chi connectivity index (χ4n) is 4.05. The van der Waals surface area contributed by atoms with Crippen LogP contribution in [-0.2, 0) is 0 Å². The molecule has 1 aliphatic rings. The lowest BCUT2D eigenvalue weighted by molar-refractivity contribution is 0.0734. The predicted molar refractivity (Wildman–Crippen MR) is 140 cm³/mol. The van der Waals surface area contributed by atoms with Gasteiger partial charge in [0, 0.05) is 11.6 Å². The van der Waals surface area contributed by atoms with Crippen LogP contribution in [0.5, 0.6) is 23.0 Å². The van der Waals surface area contributed by atoms with Gasteiger partial charge in [-0.1, -0.05) is 49.2 Å². The zero-order valence-corrected chi connectivity index (χ0v) is 21.4. The van der Waals surface area contributed by atoms with Crippen LogP contribution in [0.1, 0.15) is 54.1 Å². The fraction of sp³-hybridized carbons (Fsp3) is 0.241. The summed E-state index contributed by atoms with van der Waals surface area (Å²) in [5.41, 5.74) is 8.16. The van der Waals surface area contributed by atoms with Gasteiger partial charge in [0.15, 0.2) is 11.5 Å². The highest BCUT2D eigenvalue weighted by atomic mass is 35.5. The molecule has 0 radical (unpaired) electrons. The van der Waals surface area contributed by atoms with E-state index in [-0.39, 0.29) is 22.8 Å². The number of nitriles is 1. The Balaban J connectivity index is 1.68. The third kappa shape index (κ3) is 5.65. The molecule has 4 rings (SSSR count). The smallest absolute Gasteiger partial charge is 0.345 e. The van der Waals surface area contributed by atoms with Crippen molar-refractivity contribution >= 4 is 17.6 Å². The number of nitrogens with zero attached hydrogens (tertiary/aromatic N) is 1. The zero-order valence-electron chi connectivity index (χ0n) is 20.6. The average Bonchev–Trinajstić information content (AvgIpc) is 2.89. The van der Waals surface area contributed by atoms with Gasteiger partial charge in [-0.3, -0.25) is 0 Å². The molecular weight excluding hydrogens is 492 g/mol. The van der Waals surface area contributed by atoms with E-state index in [0.29, 0.717) is 41.0 Å². The average molecular weight is 519 g/mol. The van der Waals surface area contributed by atoms with Crippen LogP contribution in [0.2, 0.25) is 5.02 Å². The Kier molecular flexibility index (Phi) is 8.22. The van der Waals surface area contributed by atoms with Crippen LogP contribution in [0.3, 0.4) is 0 Å². The SMILES string of the molecule is CCCCOc1ccc(C2C(C#N)=C(N)Oc3cc(OC(=O)c4ccccc4Cl)ccc32)cc1OCC. The van der Waals surface area contributed by atoms with Crippen molar-refractivity contribution in [3.63, 3.8) is 0 Å². The van der Waals surface area contributed by atoms with Gasteiger partial charge in [0.25, 0.3) is 0 Å². The third-order valence-corrected chi connectivity index (χ3v) is 6.18. The number of allylic oxidation sites excluding steroid dienone is 1. The van der Waals surface area contributed by atoms with Gasteiger partial charge in [0.2, 0.25) is 5.88 Å². The van der Waals surface area contributed by atoms with Crippen LogP contribution in [0, 0.1) is 11.3 Å². The van der Waals surface area contributed by atoms with E-state index in [0.717, 1.165) is 18.4 Å². The Hall–Kier alpha value is -4.15. The maximum atomic E-state index is 12.6. The molecule has 0 aliphatic carbocycles. The molecule has 1 heterocycles. The minimum atomic E-state index is -0.598. The quantitative estimate of drug-likeness (QED) is 0.200. The molecule has 37 heavy (non-hydrogen) atoms. The molecule has 190 valence electrons. The van der Waals surface area contributed by atoms with Crippen LogP contribution < -0.4 is 24.7 Å². The molecule has 0 fully saturated rings. The number of esters is 1. The maximum Gasteiger partial charge on any atom is 0.345 e. The molecule has 8 heteroatoms.